The summed E-state index contributed by atoms with van der Waals surface area (Å²) in [7, 11) is 0. The summed E-state index contributed by atoms with van der Waals surface area (Å²) >= 11 is 0. The van der Waals surface area contributed by atoms with Gasteiger partial charge in [0, 0.05) is 46.0 Å². The third-order valence-corrected chi connectivity index (χ3v) is 12.1. The van der Waals surface area contributed by atoms with Crippen LogP contribution in [-0.4, -0.2) is 36.1 Å². The summed E-state index contributed by atoms with van der Waals surface area (Å²) in [5.74, 6) is -0.159. The van der Waals surface area contributed by atoms with Crippen LogP contribution in [0.15, 0.2) is 122 Å². The zero-order valence-electron chi connectivity index (χ0n) is 38.5. The first-order valence-corrected chi connectivity index (χ1v) is 23.2. The molecule has 4 aromatic carbocycles. The van der Waals surface area contributed by atoms with Gasteiger partial charge in [-0.25, -0.2) is 19.2 Å². The first-order chi connectivity index (χ1) is 32.4. The summed E-state index contributed by atoms with van der Waals surface area (Å²) < 4.78 is 21.9. The number of hydrogen-bond donors (Lipinski definition) is 4. The minimum atomic E-state index is -0.496. The summed E-state index contributed by atoms with van der Waals surface area (Å²) in [4.78, 5) is 49.0. The number of hydrogen-bond acceptors (Lipinski definition) is 12. The number of nitrogen functional groups attached to an aromatic ring is 4. The Hall–Kier alpha value is -7.08. The van der Waals surface area contributed by atoms with Gasteiger partial charge in [-0.2, -0.15) is 0 Å². The summed E-state index contributed by atoms with van der Waals surface area (Å²) in [6.45, 7) is 7.64. The van der Waals surface area contributed by atoms with E-state index in [2.05, 4.69) is 13.2 Å². The van der Waals surface area contributed by atoms with Gasteiger partial charge in [-0.15, -0.1) is 13.2 Å². The molecule has 2 fully saturated rings. The molecule has 0 aromatic heterocycles. The standard InChI is InChI=1S/C28H34N2O4.C27H32N2O4/c1-2-3-4-5-20-8-14-25(15-9-20)34-28(32)22-11-6-21(7-12-22)10-17-27(31)33-19-23-18-24(29)13-16-26(23)30;1-2-3-4-19-7-13-24(14-8-19)33-27(31)21-10-5-20(6-11-21)9-16-26(30)32-18-22-17-23(28)12-15-25(22)29/h2,6-7,10-13,16-18,20,25H,1,3-5,8-9,14-15,19,29-30H2;2,5-6,9-12,15-17,19,24H,1,3-4,7-8,13-14,18,28-29H2/b17-10+;16-9+. The lowest BCUT2D eigenvalue weighted by molar-refractivity contribution is -0.139. The van der Waals surface area contributed by atoms with Crippen molar-refractivity contribution >= 4 is 58.8 Å². The molecule has 0 unspecified atom stereocenters. The molecule has 4 aromatic rings. The van der Waals surface area contributed by atoms with Gasteiger partial charge in [-0.3, -0.25) is 0 Å². The smallest absolute Gasteiger partial charge is 0.338 e. The van der Waals surface area contributed by atoms with Crippen LogP contribution in [0, 0.1) is 11.8 Å². The predicted octanol–water partition coefficient (Wildman–Crippen LogP) is 11.0. The van der Waals surface area contributed by atoms with Crippen molar-refractivity contribution in [1.29, 1.82) is 0 Å². The van der Waals surface area contributed by atoms with Crippen LogP contribution < -0.4 is 22.9 Å². The number of ether oxygens (including phenoxy) is 4. The lowest BCUT2D eigenvalue weighted by Crippen LogP contribution is -2.24. The highest BCUT2D eigenvalue weighted by molar-refractivity contribution is 5.91. The van der Waals surface area contributed by atoms with Crippen LogP contribution in [0.1, 0.15) is 126 Å². The first kappa shape index (κ1) is 50.9. The molecule has 0 atom stereocenters. The van der Waals surface area contributed by atoms with Gasteiger partial charge >= 0.3 is 23.9 Å². The zero-order valence-corrected chi connectivity index (χ0v) is 38.5. The molecular weight excluding hydrogens is 845 g/mol. The molecule has 0 amide bonds. The topological polar surface area (TPSA) is 209 Å². The van der Waals surface area contributed by atoms with Crippen molar-refractivity contribution in [3.63, 3.8) is 0 Å². The number of anilines is 4. The molecule has 354 valence electrons. The third-order valence-electron chi connectivity index (χ3n) is 12.1. The molecule has 0 radical (unpaired) electrons. The van der Waals surface area contributed by atoms with Crippen molar-refractivity contribution in [2.45, 2.75) is 109 Å². The van der Waals surface area contributed by atoms with Crippen LogP contribution in [-0.2, 0) is 41.8 Å². The molecule has 2 saturated carbocycles. The molecule has 2 aliphatic carbocycles. The third kappa shape index (κ3) is 17.7. The maximum absolute atomic E-state index is 12.5. The van der Waals surface area contributed by atoms with Crippen molar-refractivity contribution in [2.75, 3.05) is 22.9 Å². The number of allylic oxidation sites excluding steroid dienone is 2. The second-order valence-corrected chi connectivity index (χ2v) is 17.2. The Bertz CT molecular complexity index is 2320. The number of nitrogens with two attached hydrogens (primary N) is 4. The molecule has 0 spiro atoms. The lowest BCUT2D eigenvalue weighted by Gasteiger charge is -2.28. The minimum absolute atomic E-state index is 0.00787. The van der Waals surface area contributed by atoms with E-state index in [-0.39, 0.29) is 37.4 Å². The SMILES string of the molecule is C=CCCC1CCC(OC(=O)c2ccc(/C=C/C(=O)OCc3cc(N)ccc3N)cc2)CC1.C=CCCCC1CCC(OC(=O)c2ccc(/C=C/C(=O)OCc3cc(N)ccc3N)cc2)CC1. The van der Waals surface area contributed by atoms with E-state index in [0.717, 1.165) is 81.3 Å². The van der Waals surface area contributed by atoms with Gasteiger partial charge < -0.3 is 41.9 Å². The van der Waals surface area contributed by atoms with Crippen LogP contribution in [0.2, 0.25) is 0 Å². The van der Waals surface area contributed by atoms with E-state index in [4.69, 9.17) is 41.9 Å². The largest absolute Gasteiger partial charge is 0.459 e. The van der Waals surface area contributed by atoms with E-state index in [9.17, 15) is 19.2 Å². The highest BCUT2D eigenvalue weighted by Gasteiger charge is 2.25. The van der Waals surface area contributed by atoms with E-state index in [1.54, 1.807) is 97.1 Å². The number of carbonyl (C=O) groups is 4. The van der Waals surface area contributed by atoms with Crippen LogP contribution in [0.25, 0.3) is 12.2 Å². The van der Waals surface area contributed by atoms with Gasteiger partial charge in [0.25, 0.3) is 0 Å². The lowest BCUT2D eigenvalue weighted by atomic mass is 9.84. The van der Waals surface area contributed by atoms with E-state index in [1.165, 1.54) is 31.4 Å². The Morgan fingerprint density at radius 3 is 1.33 bits per heavy atom. The summed E-state index contributed by atoms with van der Waals surface area (Å²) in [5.41, 5.74) is 29.2. The van der Waals surface area contributed by atoms with Crippen LogP contribution in [0.3, 0.4) is 0 Å². The van der Waals surface area contributed by atoms with Gasteiger partial charge in [-0.05, 0) is 173 Å². The van der Waals surface area contributed by atoms with Crippen LogP contribution in [0.4, 0.5) is 22.7 Å². The second-order valence-electron chi connectivity index (χ2n) is 17.2. The average Bonchev–Trinajstić information content (AvgIpc) is 3.34. The Morgan fingerprint density at radius 1 is 0.522 bits per heavy atom. The maximum Gasteiger partial charge on any atom is 0.338 e. The quantitative estimate of drug-likeness (QED) is 0.0173. The van der Waals surface area contributed by atoms with E-state index in [1.807, 2.05) is 12.2 Å². The molecule has 0 heterocycles. The molecule has 67 heavy (non-hydrogen) atoms. The minimum Gasteiger partial charge on any atom is -0.459 e. The van der Waals surface area contributed by atoms with Crippen molar-refractivity contribution in [3.8, 4) is 0 Å². The predicted molar refractivity (Wildman–Crippen MR) is 267 cm³/mol. The Balaban J connectivity index is 0.000000251. The van der Waals surface area contributed by atoms with Gasteiger partial charge in [0.15, 0.2) is 0 Å². The van der Waals surface area contributed by atoms with Crippen molar-refractivity contribution in [2.24, 2.45) is 11.8 Å². The first-order valence-electron chi connectivity index (χ1n) is 23.2. The Morgan fingerprint density at radius 2 is 0.925 bits per heavy atom. The molecule has 12 heteroatoms. The van der Waals surface area contributed by atoms with Crippen molar-refractivity contribution in [1.82, 2.24) is 0 Å². The monoisotopic (exact) mass is 910 g/mol. The Labute approximate surface area is 395 Å². The molecule has 8 N–H and O–H groups in total. The molecule has 6 rings (SSSR count). The highest BCUT2D eigenvalue weighted by atomic mass is 16.6. The average molecular weight is 911 g/mol. The summed E-state index contributed by atoms with van der Waals surface area (Å²) in [6, 6.07) is 24.0. The number of carbonyl (C=O) groups excluding carboxylic acids is 4. The number of benzene rings is 4. The fraction of sp³-hybridized carbons (Fsp3) is 0.345. The fourth-order valence-corrected chi connectivity index (χ4v) is 8.10. The highest BCUT2D eigenvalue weighted by Crippen LogP contribution is 2.31. The summed E-state index contributed by atoms with van der Waals surface area (Å²) in [6.07, 6.45) is 23.6. The Kier molecular flexibility index (Phi) is 20.3. The van der Waals surface area contributed by atoms with Gasteiger partial charge in [0.1, 0.15) is 25.4 Å². The van der Waals surface area contributed by atoms with Crippen LogP contribution >= 0.6 is 0 Å². The van der Waals surface area contributed by atoms with E-state index in [0.29, 0.717) is 50.9 Å². The van der Waals surface area contributed by atoms with E-state index < -0.39 is 11.9 Å². The summed E-state index contributed by atoms with van der Waals surface area (Å²) in [5, 5.41) is 0. The fourth-order valence-electron chi connectivity index (χ4n) is 8.10. The molecular formula is C55H66N4O8. The van der Waals surface area contributed by atoms with Crippen molar-refractivity contribution < 1.29 is 38.1 Å². The van der Waals surface area contributed by atoms with Crippen molar-refractivity contribution in [3.05, 3.63) is 156 Å². The number of esters is 4. The second kappa shape index (κ2) is 26.8. The molecule has 0 bridgehead atoms. The molecule has 0 aliphatic heterocycles. The van der Waals surface area contributed by atoms with Gasteiger partial charge in [0.05, 0.1) is 11.1 Å². The molecule has 0 saturated heterocycles. The zero-order chi connectivity index (χ0) is 48.0. The van der Waals surface area contributed by atoms with Crippen LogP contribution in [0.5, 0.6) is 0 Å². The van der Waals surface area contributed by atoms with Gasteiger partial charge in [0.2, 0.25) is 0 Å². The maximum atomic E-state index is 12.5. The van der Waals surface area contributed by atoms with Gasteiger partial charge in [-0.1, -0.05) is 42.8 Å². The molecule has 12 nitrogen and oxygen atoms in total. The van der Waals surface area contributed by atoms with E-state index >= 15 is 0 Å². The number of unbranched alkanes of at least 4 members (excludes halogenated alkanes) is 1. The normalized spacial score (nSPS) is 18.0. The number of rotatable bonds is 19. The molecule has 2 aliphatic rings.